The fourth-order valence-corrected chi connectivity index (χ4v) is 6.18. The summed E-state index contributed by atoms with van der Waals surface area (Å²) in [5, 5.41) is 4.59. The topological polar surface area (TPSA) is 71.0 Å². The van der Waals surface area contributed by atoms with Crippen molar-refractivity contribution in [2.75, 3.05) is 11.9 Å². The lowest BCUT2D eigenvalue weighted by Crippen LogP contribution is -2.46. The van der Waals surface area contributed by atoms with E-state index < -0.39 is 5.60 Å². The van der Waals surface area contributed by atoms with Gasteiger partial charge in [0.25, 0.3) is 0 Å². The van der Waals surface area contributed by atoms with Gasteiger partial charge in [-0.15, -0.1) is 11.3 Å². The Labute approximate surface area is 204 Å². The Bertz CT molecular complexity index is 1060. The van der Waals surface area contributed by atoms with E-state index in [4.69, 9.17) is 9.73 Å². The maximum atomic E-state index is 13.0. The molecule has 0 aliphatic carbocycles. The molecule has 8 heteroatoms. The molecule has 176 valence electrons. The van der Waals surface area contributed by atoms with Crippen LogP contribution < -0.4 is 5.32 Å². The Morgan fingerprint density at radius 3 is 2.61 bits per heavy atom. The highest BCUT2D eigenvalue weighted by Crippen LogP contribution is 2.47. The van der Waals surface area contributed by atoms with Crippen LogP contribution >= 0.6 is 23.1 Å². The van der Waals surface area contributed by atoms with Crippen molar-refractivity contribution in [3.05, 3.63) is 64.4 Å². The zero-order chi connectivity index (χ0) is 24.3. The second-order valence-electron chi connectivity index (χ2n) is 8.94. The van der Waals surface area contributed by atoms with Crippen LogP contribution in [-0.4, -0.2) is 40.1 Å². The number of hydrogen-bond acceptors (Lipinski definition) is 6. The summed E-state index contributed by atoms with van der Waals surface area (Å²) >= 11 is 3.10. The Balaban J connectivity index is 2.00. The van der Waals surface area contributed by atoms with Crippen LogP contribution in [0.2, 0.25) is 0 Å². The number of hydrogen-bond donors (Lipinski definition) is 1. The van der Waals surface area contributed by atoms with E-state index in [0.717, 1.165) is 31.0 Å². The van der Waals surface area contributed by atoms with Crippen LogP contribution in [0.25, 0.3) is 0 Å². The summed E-state index contributed by atoms with van der Waals surface area (Å²) < 4.78 is 5.67. The summed E-state index contributed by atoms with van der Waals surface area (Å²) in [7, 11) is 0. The monoisotopic (exact) mass is 485 g/mol. The lowest BCUT2D eigenvalue weighted by Gasteiger charge is -2.39. The van der Waals surface area contributed by atoms with Crippen LogP contribution in [0.4, 0.5) is 9.80 Å². The number of fused-ring (bicyclic) bond motifs is 1. The molecule has 2 aliphatic rings. The second kappa shape index (κ2) is 10.1. The first kappa shape index (κ1) is 25.1. The first-order valence-corrected chi connectivity index (χ1v) is 12.5. The average Bonchev–Trinajstić information content (AvgIpc) is 3.31. The first-order valence-electron chi connectivity index (χ1n) is 10.9. The Morgan fingerprint density at radius 1 is 1.24 bits per heavy atom. The molecule has 0 saturated heterocycles. The molecule has 0 aromatic carbocycles. The molecule has 2 amide bonds. The molecule has 1 N–H and O–H groups in total. The normalized spacial score (nSPS) is 21.7. The van der Waals surface area contributed by atoms with Gasteiger partial charge in [0.2, 0.25) is 5.91 Å². The molecular formula is C25H31N3O3S2. The third kappa shape index (κ3) is 5.68. The third-order valence-electron chi connectivity index (χ3n) is 5.19. The predicted octanol–water partition coefficient (Wildman–Crippen LogP) is 6.23. The molecule has 6 nitrogen and oxygen atoms in total. The van der Waals surface area contributed by atoms with Gasteiger partial charge < -0.3 is 10.1 Å². The lowest BCUT2D eigenvalue weighted by atomic mass is 9.93. The van der Waals surface area contributed by atoms with Crippen molar-refractivity contribution in [1.29, 1.82) is 0 Å². The van der Waals surface area contributed by atoms with E-state index in [-0.39, 0.29) is 24.1 Å². The molecule has 1 aromatic heterocycles. The number of nitrogens with zero attached hydrogens (tertiary/aromatic N) is 2. The number of thiophene rings is 1. The van der Waals surface area contributed by atoms with Gasteiger partial charge in [0, 0.05) is 21.4 Å². The summed E-state index contributed by atoms with van der Waals surface area (Å²) in [6, 6.07) is -0.245. The van der Waals surface area contributed by atoms with Crippen LogP contribution in [0.5, 0.6) is 0 Å². The van der Waals surface area contributed by atoms with Crippen LogP contribution in [-0.2, 0) is 16.0 Å². The van der Waals surface area contributed by atoms with Gasteiger partial charge in [0.05, 0.1) is 12.6 Å². The number of nitrogens with one attached hydrogen (secondary N) is 1. The maximum absolute atomic E-state index is 13.0. The third-order valence-corrected chi connectivity index (χ3v) is 7.56. The molecule has 0 saturated carbocycles. The van der Waals surface area contributed by atoms with E-state index in [1.165, 1.54) is 17.4 Å². The number of rotatable bonds is 5. The second-order valence-corrected chi connectivity index (χ2v) is 11.1. The fourth-order valence-electron chi connectivity index (χ4n) is 3.85. The number of carbonyl (C=O) groups excluding carboxylic acids is 2. The van der Waals surface area contributed by atoms with Crippen molar-refractivity contribution >= 4 is 45.1 Å². The van der Waals surface area contributed by atoms with Gasteiger partial charge in [-0.3, -0.25) is 14.7 Å². The van der Waals surface area contributed by atoms with Gasteiger partial charge in [-0.2, -0.15) is 0 Å². The highest BCUT2D eigenvalue weighted by atomic mass is 32.2. The van der Waals surface area contributed by atoms with Crippen molar-refractivity contribution < 1.29 is 14.3 Å². The van der Waals surface area contributed by atoms with Crippen molar-refractivity contribution in [2.24, 2.45) is 4.99 Å². The van der Waals surface area contributed by atoms with Crippen molar-refractivity contribution in [2.45, 2.75) is 58.7 Å². The Morgan fingerprint density at radius 2 is 1.97 bits per heavy atom. The number of thioether (sulfide) groups is 1. The van der Waals surface area contributed by atoms with E-state index in [1.54, 1.807) is 22.7 Å². The van der Waals surface area contributed by atoms with Crippen molar-refractivity contribution in [1.82, 2.24) is 4.90 Å². The number of amides is 2. The molecule has 2 aliphatic heterocycles. The van der Waals surface area contributed by atoms with Crippen molar-refractivity contribution in [3.8, 4) is 0 Å². The Hall–Kier alpha value is -2.58. The summed E-state index contributed by atoms with van der Waals surface area (Å²) in [5.41, 5.74) is 1.51. The average molecular weight is 486 g/mol. The maximum Gasteiger partial charge on any atom is 0.411 e. The molecule has 0 fully saturated rings. The summed E-state index contributed by atoms with van der Waals surface area (Å²) in [4.78, 5) is 33.9. The molecule has 2 unspecified atom stereocenters. The SMILES string of the molecule is C=C/C=C\C=C1/CN=C(c2c(NC(=O)C=C)sc3c2CC(C)N(C(=O)OC(C)(C)C)C3C)S1. The Kier molecular flexibility index (Phi) is 7.69. The first-order chi connectivity index (χ1) is 15.6. The van der Waals surface area contributed by atoms with Gasteiger partial charge in [-0.1, -0.05) is 49.2 Å². The molecule has 1 aromatic rings. The van der Waals surface area contributed by atoms with Gasteiger partial charge in [-0.25, -0.2) is 4.79 Å². The van der Waals surface area contributed by atoms with Gasteiger partial charge in [0.1, 0.15) is 15.6 Å². The molecule has 33 heavy (non-hydrogen) atoms. The number of carbonyl (C=O) groups is 2. The van der Waals surface area contributed by atoms with E-state index in [2.05, 4.69) is 18.5 Å². The molecule has 0 radical (unpaired) electrons. The summed E-state index contributed by atoms with van der Waals surface area (Å²) in [6.45, 7) is 17.5. The van der Waals surface area contributed by atoms with Crippen LogP contribution in [0.1, 0.15) is 56.7 Å². The quantitative estimate of drug-likeness (QED) is 0.396. The highest BCUT2D eigenvalue weighted by molar-refractivity contribution is 8.18. The zero-order valence-corrected chi connectivity index (χ0v) is 21.4. The number of ether oxygens (including phenoxy) is 1. The molecular weight excluding hydrogens is 454 g/mol. The smallest absolute Gasteiger partial charge is 0.411 e. The van der Waals surface area contributed by atoms with Gasteiger partial charge >= 0.3 is 6.09 Å². The molecule has 0 bridgehead atoms. The molecule has 3 heterocycles. The fraction of sp³-hybridized carbons (Fsp3) is 0.400. The number of allylic oxidation sites excluding steroid dienone is 4. The van der Waals surface area contributed by atoms with E-state index in [0.29, 0.717) is 13.0 Å². The minimum absolute atomic E-state index is 0.0591. The van der Waals surface area contributed by atoms with E-state index in [9.17, 15) is 9.59 Å². The minimum atomic E-state index is -0.571. The molecule has 0 spiro atoms. The van der Waals surface area contributed by atoms with Crippen LogP contribution in [0.15, 0.2) is 53.4 Å². The molecule has 3 rings (SSSR count). The van der Waals surface area contributed by atoms with Gasteiger partial charge in [-0.05, 0) is 52.7 Å². The van der Waals surface area contributed by atoms with Gasteiger partial charge in [0.15, 0.2) is 0 Å². The highest BCUT2D eigenvalue weighted by Gasteiger charge is 2.40. The number of anilines is 1. The standard InChI is InChI=1S/C25H31N3O3S2/c1-8-10-11-12-17-14-26-22(32-17)20-18-13-15(3)28(24(30)31-25(5,6)7)16(4)21(18)33-23(20)27-19(29)9-2/h8-12,15-16H,1-2,13-14H2,3-7H3,(H,27,29)/b11-10-,17-12+. The van der Waals surface area contributed by atoms with Crippen LogP contribution in [0.3, 0.4) is 0 Å². The largest absolute Gasteiger partial charge is 0.444 e. The van der Waals surface area contributed by atoms with Crippen molar-refractivity contribution in [3.63, 3.8) is 0 Å². The zero-order valence-electron chi connectivity index (χ0n) is 19.8. The van der Waals surface area contributed by atoms with E-state index in [1.807, 2.05) is 52.8 Å². The van der Waals surface area contributed by atoms with Crippen LogP contribution in [0, 0.1) is 0 Å². The lowest BCUT2D eigenvalue weighted by molar-refractivity contribution is -0.111. The minimum Gasteiger partial charge on any atom is -0.444 e. The summed E-state index contributed by atoms with van der Waals surface area (Å²) in [5.74, 6) is -0.271. The predicted molar refractivity (Wildman–Crippen MR) is 139 cm³/mol. The molecule has 2 atom stereocenters. The summed E-state index contributed by atoms with van der Waals surface area (Å²) in [6.07, 6.45) is 9.17. The van der Waals surface area contributed by atoms with E-state index >= 15 is 0 Å². The number of aliphatic imine (C=N–C) groups is 1.